The Morgan fingerprint density at radius 3 is 1.77 bits per heavy atom. The molecule has 0 fully saturated rings. The number of carbonyl (C=O) groups excluding carboxylic acids is 1. The molecule has 8 nitrogen and oxygen atoms in total. The zero-order valence-corrected chi connectivity index (χ0v) is 17.5. The van der Waals surface area contributed by atoms with Crippen LogP contribution in [-0.4, -0.2) is 22.7 Å². The molecular formula is C20H19N3O5S2. The van der Waals surface area contributed by atoms with Gasteiger partial charge in [0.2, 0.25) is 10.0 Å². The van der Waals surface area contributed by atoms with E-state index < -0.39 is 26.0 Å². The van der Waals surface area contributed by atoms with Crippen LogP contribution in [0.4, 0.5) is 11.4 Å². The highest BCUT2D eigenvalue weighted by molar-refractivity contribution is 7.92. The highest BCUT2D eigenvalue weighted by atomic mass is 32.2. The maximum Gasteiger partial charge on any atom is 0.261 e. The Labute approximate surface area is 174 Å². The van der Waals surface area contributed by atoms with E-state index in [2.05, 4.69) is 10.0 Å². The zero-order valence-electron chi connectivity index (χ0n) is 15.9. The third kappa shape index (κ3) is 5.23. The number of primary sulfonamides is 1. The van der Waals surface area contributed by atoms with E-state index in [0.29, 0.717) is 16.9 Å². The van der Waals surface area contributed by atoms with Gasteiger partial charge in [-0.2, -0.15) is 0 Å². The Morgan fingerprint density at radius 2 is 1.23 bits per heavy atom. The number of amides is 1. The monoisotopic (exact) mass is 445 g/mol. The molecule has 0 atom stereocenters. The van der Waals surface area contributed by atoms with Gasteiger partial charge in [-0.3, -0.25) is 9.52 Å². The minimum Gasteiger partial charge on any atom is -0.322 e. The number of carbonyl (C=O) groups is 1. The summed E-state index contributed by atoms with van der Waals surface area (Å²) in [5.41, 5.74) is 1.94. The van der Waals surface area contributed by atoms with Crippen molar-refractivity contribution in [3.05, 3.63) is 83.9 Å². The molecule has 3 aromatic rings. The van der Waals surface area contributed by atoms with Crippen LogP contribution in [0.5, 0.6) is 0 Å². The van der Waals surface area contributed by atoms with E-state index in [0.717, 1.165) is 5.56 Å². The molecule has 0 radical (unpaired) electrons. The van der Waals surface area contributed by atoms with Gasteiger partial charge in [0.05, 0.1) is 9.79 Å². The number of benzene rings is 3. The first-order valence-electron chi connectivity index (χ1n) is 8.68. The quantitative estimate of drug-likeness (QED) is 0.536. The van der Waals surface area contributed by atoms with Crippen LogP contribution >= 0.6 is 0 Å². The SMILES string of the molecule is Cc1ccc(S(=O)(=O)Nc2ccc(C(=O)Nc3ccc(S(N)(=O)=O)cc3)cc2)cc1. The van der Waals surface area contributed by atoms with Crippen LogP contribution in [0, 0.1) is 6.92 Å². The van der Waals surface area contributed by atoms with Crippen molar-refractivity contribution in [1.82, 2.24) is 0 Å². The molecular weight excluding hydrogens is 426 g/mol. The van der Waals surface area contributed by atoms with E-state index in [1.54, 1.807) is 12.1 Å². The first kappa shape index (κ1) is 21.5. The zero-order chi connectivity index (χ0) is 21.9. The van der Waals surface area contributed by atoms with Crippen molar-refractivity contribution >= 4 is 37.3 Å². The Bertz CT molecular complexity index is 1270. The molecule has 156 valence electrons. The molecule has 0 spiro atoms. The van der Waals surface area contributed by atoms with E-state index in [4.69, 9.17) is 5.14 Å². The minimum atomic E-state index is -3.81. The van der Waals surface area contributed by atoms with Crippen LogP contribution in [0.1, 0.15) is 15.9 Å². The average Bonchev–Trinajstić information content (AvgIpc) is 2.68. The molecule has 1 amide bonds. The first-order valence-corrected chi connectivity index (χ1v) is 11.7. The summed E-state index contributed by atoms with van der Waals surface area (Å²) in [6.45, 7) is 1.86. The summed E-state index contributed by atoms with van der Waals surface area (Å²) in [6.07, 6.45) is 0. The van der Waals surface area contributed by atoms with E-state index in [-0.39, 0.29) is 9.79 Å². The molecule has 0 unspecified atom stereocenters. The van der Waals surface area contributed by atoms with Gasteiger partial charge in [0, 0.05) is 16.9 Å². The molecule has 0 heterocycles. The Morgan fingerprint density at radius 1 is 0.733 bits per heavy atom. The smallest absolute Gasteiger partial charge is 0.261 e. The Balaban J connectivity index is 1.69. The number of hydrogen-bond acceptors (Lipinski definition) is 5. The second kappa shape index (κ2) is 8.27. The van der Waals surface area contributed by atoms with Crippen LogP contribution in [0.3, 0.4) is 0 Å². The normalized spacial score (nSPS) is 11.7. The van der Waals surface area contributed by atoms with Crippen molar-refractivity contribution < 1.29 is 21.6 Å². The van der Waals surface area contributed by atoms with Crippen molar-refractivity contribution in [2.75, 3.05) is 10.0 Å². The van der Waals surface area contributed by atoms with Crippen molar-refractivity contribution in [2.24, 2.45) is 5.14 Å². The molecule has 0 aliphatic rings. The molecule has 0 saturated heterocycles. The predicted octanol–water partition coefficient (Wildman–Crippen LogP) is 2.70. The van der Waals surface area contributed by atoms with E-state index in [1.807, 2.05) is 6.92 Å². The van der Waals surface area contributed by atoms with Crippen molar-refractivity contribution in [2.45, 2.75) is 16.7 Å². The fourth-order valence-corrected chi connectivity index (χ4v) is 4.13. The van der Waals surface area contributed by atoms with Crippen LogP contribution < -0.4 is 15.2 Å². The molecule has 10 heteroatoms. The Hall–Kier alpha value is -3.21. The molecule has 0 aliphatic heterocycles. The fraction of sp³-hybridized carbons (Fsp3) is 0.0500. The summed E-state index contributed by atoms with van der Waals surface area (Å²) < 4.78 is 49.9. The lowest BCUT2D eigenvalue weighted by Crippen LogP contribution is -2.15. The maximum atomic E-state index is 12.4. The summed E-state index contributed by atoms with van der Waals surface area (Å²) in [5, 5.41) is 7.66. The Kier molecular flexibility index (Phi) is 5.92. The van der Waals surface area contributed by atoms with Crippen LogP contribution in [0.25, 0.3) is 0 Å². The number of rotatable bonds is 6. The van der Waals surface area contributed by atoms with Crippen molar-refractivity contribution in [3.63, 3.8) is 0 Å². The number of anilines is 2. The molecule has 3 rings (SSSR count). The maximum absolute atomic E-state index is 12.4. The molecule has 0 saturated carbocycles. The predicted molar refractivity (Wildman–Crippen MR) is 114 cm³/mol. The second-order valence-corrected chi connectivity index (χ2v) is 9.76. The fourth-order valence-electron chi connectivity index (χ4n) is 2.55. The average molecular weight is 446 g/mol. The van der Waals surface area contributed by atoms with Gasteiger partial charge in [-0.15, -0.1) is 0 Å². The lowest BCUT2D eigenvalue weighted by molar-refractivity contribution is 0.102. The molecule has 30 heavy (non-hydrogen) atoms. The van der Waals surface area contributed by atoms with Gasteiger partial charge in [-0.1, -0.05) is 17.7 Å². The summed E-state index contributed by atoms with van der Waals surface area (Å²) >= 11 is 0. The molecule has 0 bridgehead atoms. The van der Waals surface area contributed by atoms with Gasteiger partial charge in [-0.25, -0.2) is 22.0 Å². The van der Waals surface area contributed by atoms with Crippen LogP contribution in [0.15, 0.2) is 82.6 Å². The largest absolute Gasteiger partial charge is 0.322 e. The molecule has 3 aromatic carbocycles. The molecule has 4 N–H and O–H groups in total. The first-order chi connectivity index (χ1) is 14.0. The number of nitrogens with two attached hydrogens (primary N) is 1. The second-order valence-electron chi connectivity index (χ2n) is 6.52. The van der Waals surface area contributed by atoms with Gasteiger partial charge < -0.3 is 5.32 Å². The number of sulfonamides is 2. The molecule has 0 aliphatic carbocycles. The summed E-state index contributed by atoms with van der Waals surface area (Å²) in [5.74, 6) is -0.439. The van der Waals surface area contributed by atoms with Crippen molar-refractivity contribution in [1.29, 1.82) is 0 Å². The third-order valence-electron chi connectivity index (χ3n) is 4.17. The highest BCUT2D eigenvalue weighted by Gasteiger charge is 2.14. The standard InChI is InChI=1S/C20H19N3O5S2/c1-14-2-10-19(11-3-14)30(27,28)23-17-6-4-15(5-7-17)20(24)22-16-8-12-18(13-9-16)29(21,25)26/h2-13,23H,1H3,(H,22,24)(H2,21,25,26). The molecule has 0 aromatic heterocycles. The van der Waals surface area contributed by atoms with Crippen LogP contribution in [0.2, 0.25) is 0 Å². The van der Waals surface area contributed by atoms with Gasteiger partial charge in [0.1, 0.15) is 0 Å². The van der Waals surface area contributed by atoms with Crippen LogP contribution in [-0.2, 0) is 20.0 Å². The third-order valence-corrected chi connectivity index (χ3v) is 6.50. The summed E-state index contributed by atoms with van der Waals surface area (Å²) in [7, 11) is -7.55. The topological polar surface area (TPSA) is 135 Å². The number of nitrogens with one attached hydrogen (secondary N) is 2. The lowest BCUT2D eigenvalue weighted by Gasteiger charge is -2.10. The number of aryl methyl sites for hydroxylation is 1. The van der Waals surface area contributed by atoms with E-state index >= 15 is 0 Å². The van der Waals surface area contributed by atoms with Gasteiger partial charge in [0.15, 0.2) is 0 Å². The van der Waals surface area contributed by atoms with Gasteiger partial charge in [-0.05, 0) is 67.6 Å². The minimum absolute atomic E-state index is 0.0642. The number of hydrogen-bond donors (Lipinski definition) is 3. The van der Waals surface area contributed by atoms with Gasteiger partial charge in [0.25, 0.3) is 15.9 Å². The lowest BCUT2D eigenvalue weighted by atomic mass is 10.2. The van der Waals surface area contributed by atoms with E-state index in [9.17, 15) is 21.6 Å². The summed E-state index contributed by atoms with van der Waals surface area (Å²) in [6, 6.07) is 17.7. The highest BCUT2D eigenvalue weighted by Crippen LogP contribution is 2.18. The summed E-state index contributed by atoms with van der Waals surface area (Å²) in [4.78, 5) is 12.4. The van der Waals surface area contributed by atoms with Crippen molar-refractivity contribution in [3.8, 4) is 0 Å². The van der Waals surface area contributed by atoms with Gasteiger partial charge >= 0.3 is 0 Å². The van der Waals surface area contributed by atoms with E-state index in [1.165, 1.54) is 60.7 Å².